The van der Waals surface area contributed by atoms with Gasteiger partial charge in [-0.2, -0.15) is 0 Å². The summed E-state index contributed by atoms with van der Waals surface area (Å²) in [7, 11) is 0. The van der Waals surface area contributed by atoms with Crippen LogP contribution in [0.5, 0.6) is 11.5 Å². The van der Waals surface area contributed by atoms with Gasteiger partial charge in [-0.25, -0.2) is 0 Å². The predicted octanol–water partition coefficient (Wildman–Crippen LogP) is 2.92. The summed E-state index contributed by atoms with van der Waals surface area (Å²) in [6, 6.07) is 11.8. The Morgan fingerprint density at radius 1 is 1.05 bits per heavy atom. The molecule has 0 radical (unpaired) electrons. The van der Waals surface area contributed by atoms with Gasteiger partial charge in [-0.1, -0.05) is 24.3 Å². The number of hydrogen-bond acceptors (Lipinski definition) is 3. The van der Waals surface area contributed by atoms with E-state index in [4.69, 9.17) is 0 Å². The molecule has 94 valence electrons. The second-order valence-corrected chi connectivity index (χ2v) is 4.58. The fourth-order valence-corrected chi connectivity index (χ4v) is 2.31. The van der Waals surface area contributed by atoms with Crippen molar-refractivity contribution in [3.63, 3.8) is 0 Å². The van der Waals surface area contributed by atoms with Gasteiger partial charge in [0.1, 0.15) is 11.5 Å². The fraction of sp³-hybridized carbons (Fsp3) is 0.0625. The lowest BCUT2D eigenvalue weighted by molar-refractivity contribution is 0.104. The maximum Gasteiger partial charge on any atom is 0.189 e. The molecule has 3 nitrogen and oxygen atoms in total. The third-order valence-corrected chi connectivity index (χ3v) is 3.28. The summed E-state index contributed by atoms with van der Waals surface area (Å²) in [5, 5.41) is 19.0. The van der Waals surface area contributed by atoms with Gasteiger partial charge in [0.25, 0.3) is 0 Å². The van der Waals surface area contributed by atoms with E-state index in [-0.39, 0.29) is 17.3 Å². The Bertz CT molecular complexity index is 699. The average molecular weight is 252 g/mol. The van der Waals surface area contributed by atoms with Gasteiger partial charge in [0.15, 0.2) is 5.78 Å². The molecule has 0 aromatic heterocycles. The van der Waals surface area contributed by atoms with Crippen LogP contribution in [0, 0.1) is 0 Å². The molecule has 2 aromatic carbocycles. The van der Waals surface area contributed by atoms with Gasteiger partial charge in [-0.3, -0.25) is 4.79 Å². The Kier molecular flexibility index (Phi) is 2.60. The second kappa shape index (κ2) is 4.28. The number of hydrogen-bond donors (Lipinski definition) is 2. The van der Waals surface area contributed by atoms with Crippen molar-refractivity contribution in [2.75, 3.05) is 0 Å². The van der Waals surface area contributed by atoms with E-state index in [1.165, 1.54) is 12.1 Å². The summed E-state index contributed by atoms with van der Waals surface area (Å²) < 4.78 is 0. The molecule has 0 unspecified atom stereocenters. The molecule has 0 saturated carbocycles. The molecule has 2 N–H and O–H groups in total. The van der Waals surface area contributed by atoms with Crippen molar-refractivity contribution < 1.29 is 15.0 Å². The zero-order chi connectivity index (χ0) is 13.4. The number of aromatic hydroxyl groups is 2. The van der Waals surface area contributed by atoms with E-state index in [2.05, 4.69) is 0 Å². The lowest BCUT2D eigenvalue weighted by Crippen LogP contribution is -1.94. The lowest BCUT2D eigenvalue weighted by atomic mass is 10.1. The first-order chi connectivity index (χ1) is 9.15. The molecule has 1 aliphatic carbocycles. The van der Waals surface area contributed by atoms with Crippen LogP contribution in [-0.4, -0.2) is 16.0 Å². The minimum atomic E-state index is -0.0312. The van der Waals surface area contributed by atoms with Crippen LogP contribution in [0.15, 0.2) is 48.0 Å². The van der Waals surface area contributed by atoms with Crippen LogP contribution in [0.25, 0.3) is 6.08 Å². The number of ketones is 1. The van der Waals surface area contributed by atoms with E-state index in [1.54, 1.807) is 12.1 Å². The van der Waals surface area contributed by atoms with Gasteiger partial charge in [0.05, 0.1) is 0 Å². The molecule has 0 heterocycles. The highest BCUT2D eigenvalue weighted by Crippen LogP contribution is 2.30. The van der Waals surface area contributed by atoms with Crippen LogP contribution in [-0.2, 0) is 6.42 Å². The molecule has 0 spiro atoms. The summed E-state index contributed by atoms with van der Waals surface area (Å²) in [4.78, 5) is 12.2. The fourth-order valence-electron chi connectivity index (χ4n) is 2.31. The molecule has 0 saturated heterocycles. The number of carbonyl (C=O) groups excluding carboxylic acids is 1. The molecule has 3 heteroatoms. The van der Waals surface area contributed by atoms with Crippen LogP contribution in [0.3, 0.4) is 0 Å². The second-order valence-electron chi connectivity index (χ2n) is 4.58. The molecular formula is C16H12O3. The maximum atomic E-state index is 12.2. The Morgan fingerprint density at radius 3 is 2.58 bits per heavy atom. The highest BCUT2D eigenvalue weighted by atomic mass is 16.3. The molecule has 0 amide bonds. The van der Waals surface area contributed by atoms with Gasteiger partial charge in [-0.15, -0.1) is 0 Å². The summed E-state index contributed by atoms with van der Waals surface area (Å²) in [6.07, 6.45) is 2.26. The highest BCUT2D eigenvalue weighted by Gasteiger charge is 2.24. The SMILES string of the molecule is O=C1/C(=C\c2ccc(O)cc2O)Cc2ccccc21. The van der Waals surface area contributed by atoms with Crippen molar-refractivity contribution in [2.45, 2.75) is 6.42 Å². The van der Waals surface area contributed by atoms with Crippen molar-refractivity contribution in [2.24, 2.45) is 0 Å². The molecule has 0 bridgehead atoms. The number of fused-ring (bicyclic) bond motifs is 1. The number of allylic oxidation sites excluding steroid dienone is 1. The standard InChI is InChI=1S/C16H12O3/c17-13-6-5-11(15(18)9-13)8-12-7-10-3-1-2-4-14(10)16(12)19/h1-6,8-9,17-18H,7H2/b12-8-. The summed E-state index contributed by atoms with van der Waals surface area (Å²) in [5.74, 6) is -0.0278. The summed E-state index contributed by atoms with van der Waals surface area (Å²) in [5.41, 5.74) is 2.93. The Balaban J connectivity index is 2.01. The van der Waals surface area contributed by atoms with E-state index in [0.29, 0.717) is 17.6 Å². The van der Waals surface area contributed by atoms with Gasteiger partial charge < -0.3 is 10.2 Å². The summed E-state index contributed by atoms with van der Waals surface area (Å²) in [6.45, 7) is 0. The molecule has 1 aliphatic rings. The number of benzene rings is 2. The van der Waals surface area contributed by atoms with Gasteiger partial charge >= 0.3 is 0 Å². The quantitative estimate of drug-likeness (QED) is 0.767. The van der Waals surface area contributed by atoms with Gasteiger partial charge in [0.2, 0.25) is 0 Å². The Morgan fingerprint density at radius 2 is 1.84 bits per heavy atom. The van der Waals surface area contributed by atoms with Crippen molar-refractivity contribution in [1.29, 1.82) is 0 Å². The molecule has 0 atom stereocenters. The van der Waals surface area contributed by atoms with Crippen LogP contribution in [0.2, 0.25) is 0 Å². The van der Waals surface area contributed by atoms with Crippen molar-refractivity contribution in [3.8, 4) is 11.5 Å². The molecule has 3 rings (SSSR count). The number of phenols is 2. The smallest absolute Gasteiger partial charge is 0.189 e. The average Bonchev–Trinajstić information content (AvgIpc) is 2.70. The molecule has 19 heavy (non-hydrogen) atoms. The first-order valence-corrected chi connectivity index (χ1v) is 6.00. The zero-order valence-electron chi connectivity index (χ0n) is 10.1. The number of phenolic OH excluding ortho intramolecular Hbond substituents is 2. The van der Waals surface area contributed by atoms with Crippen molar-refractivity contribution in [3.05, 3.63) is 64.7 Å². The highest BCUT2D eigenvalue weighted by molar-refractivity contribution is 6.15. The van der Waals surface area contributed by atoms with Crippen LogP contribution < -0.4 is 0 Å². The molecule has 0 aliphatic heterocycles. The maximum absolute atomic E-state index is 12.2. The Labute approximate surface area is 110 Å². The topological polar surface area (TPSA) is 57.5 Å². The van der Waals surface area contributed by atoms with Crippen LogP contribution in [0.1, 0.15) is 21.5 Å². The minimum absolute atomic E-state index is 0.000634. The lowest BCUT2D eigenvalue weighted by Gasteiger charge is -2.01. The van der Waals surface area contributed by atoms with Gasteiger partial charge in [-0.05, 0) is 23.8 Å². The third-order valence-electron chi connectivity index (χ3n) is 3.28. The number of carbonyl (C=O) groups is 1. The normalized spacial score (nSPS) is 15.8. The predicted molar refractivity (Wildman–Crippen MR) is 72.2 cm³/mol. The Hall–Kier alpha value is -2.55. The monoisotopic (exact) mass is 252 g/mol. The largest absolute Gasteiger partial charge is 0.508 e. The molecule has 2 aromatic rings. The van der Waals surface area contributed by atoms with Gasteiger partial charge in [0, 0.05) is 29.2 Å². The van der Waals surface area contributed by atoms with E-state index in [0.717, 1.165) is 11.1 Å². The van der Waals surface area contributed by atoms with Crippen molar-refractivity contribution in [1.82, 2.24) is 0 Å². The van der Waals surface area contributed by atoms with Crippen LogP contribution in [0.4, 0.5) is 0 Å². The first kappa shape index (κ1) is 11.5. The van der Waals surface area contributed by atoms with E-state index < -0.39 is 0 Å². The zero-order valence-corrected chi connectivity index (χ0v) is 10.1. The molecule has 0 fully saturated rings. The van der Waals surface area contributed by atoms with E-state index >= 15 is 0 Å². The van der Waals surface area contributed by atoms with Crippen LogP contribution >= 0.6 is 0 Å². The molecular weight excluding hydrogens is 240 g/mol. The third kappa shape index (κ3) is 1.99. The van der Waals surface area contributed by atoms with E-state index in [1.807, 2.05) is 24.3 Å². The van der Waals surface area contributed by atoms with E-state index in [9.17, 15) is 15.0 Å². The minimum Gasteiger partial charge on any atom is -0.508 e. The van der Waals surface area contributed by atoms with Crippen molar-refractivity contribution >= 4 is 11.9 Å². The number of rotatable bonds is 1. The summed E-state index contributed by atoms with van der Waals surface area (Å²) >= 11 is 0. The number of Topliss-reactive ketones (excluding diaryl/α,β-unsaturated/α-hetero) is 1. The first-order valence-electron chi connectivity index (χ1n) is 6.00.